The van der Waals surface area contributed by atoms with E-state index in [1.807, 2.05) is 13.8 Å². The first-order chi connectivity index (χ1) is 8.19. The number of halogens is 1. The molecule has 17 heavy (non-hydrogen) atoms. The summed E-state index contributed by atoms with van der Waals surface area (Å²) in [4.78, 5) is 8.40. The molecule has 0 aliphatic heterocycles. The number of hydrogen-bond acceptors (Lipinski definition) is 6. The highest BCUT2D eigenvalue weighted by molar-refractivity contribution is 6.29. The summed E-state index contributed by atoms with van der Waals surface area (Å²) in [6, 6.07) is 1.56. The molecule has 7 nitrogen and oxygen atoms in total. The first-order valence-corrected chi connectivity index (χ1v) is 5.60. The number of aryl methyl sites for hydroxylation is 1. The molecule has 0 aliphatic rings. The zero-order valence-electron chi connectivity index (χ0n) is 9.48. The third kappa shape index (κ3) is 2.88. The van der Waals surface area contributed by atoms with E-state index in [1.165, 1.54) is 0 Å². The number of rotatable bonds is 4. The molecule has 0 aromatic carbocycles. The summed E-state index contributed by atoms with van der Waals surface area (Å²) < 4.78 is 0. The molecule has 0 spiro atoms. The Morgan fingerprint density at radius 3 is 2.94 bits per heavy atom. The van der Waals surface area contributed by atoms with E-state index in [9.17, 15) is 0 Å². The van der Waals surface area contributed by atoms with Crippen LogP contribution in [0.1, 0.15) is 31.5 Å². The van der Waals surface area contributed by atoms with Crippen molar-refractivity contribution in [2.45, 2.75) is 26.3 Å². The minimum Gasteiger partial charge on any atom is -0.360 e. The zero-order valence-corrected chi connectivity index (χ0v) is 10.2. The van der Waals surface area contributed by atoms with Crippen molar-refractivity contribution in [3.63, 3.8) is 0 Å². The topological polar surface area (TPSA) is 92.3 Å². The maximum atomic E-state index is 5.90. The van der Waals surface area contributed by atoms with Gasteiger partial charge in [0, 0.05) is 12.5 Å². The van der Waals surface area contributed by atoms with Crippen molar-refractivity contribution in [3.05, 3.63) is 22.9 Å². The fourth-order valence-corrected chi connectivity index (χ4v) is 1.54. The molecule has 0 aliphatic carbocycles. The van der Waals surface area contributed by atoms with Gasteiger partial charge in [-0.05, 0) is 6.92 Å². The Morgan fingerprint density at radius 1 is 1.47 bits per heavy atom. The Balaban J connectivity index is 2.15. The molecule has 0 saturated heterocycles. The molecule has 90 valence electrons. The maximum Gasteiger partial charge on any atom is 0.196 e. The van der Waals surface area contributed by atoms with Gasteiger partial charge in [0.25, 0.3) is 0 Å². The summed E-state index contributed by atoms with van der Waals surface area (Å²) >= 11 is 5.90. The normalized spacial score (nSPS) is 12.4. The molecular weight excluding hydrogens is 242 g/mol. The number of tetrazole rings is 1. The van der Waals surface area contributed by atoms with Crippen LogP contribution in [0.25, 0.3) is 0 Å². The van der Waals surface area contributed by atoms with Crippen LogP contribution in [-0.2, 0) is 6.42 Å². The van der Waals surface area contributed by atoms with Gasteiger partial charge in [-0.15, -0.1) is 10.2 Å². The van der Waals surface area contributed by atoms with Crippen molar-refractivity contribution >= 4 is 17.4 Å². The van der Waals surface area contributed by atoms with E-state index in [-0.39, 0.29) is 6.04 Å². The molecule has 0 saturated carbocycles. The molecule has 1 unspecified atom stereocenters. The van der Waals surface area contributed by atoms with Crippen LogP contribution in [0.5, 0.6) is 0 Å². The van der Waals surface area contributed by atoms with Gasteiger partial charge in [-0.2, -0.15) is 5.21 Å². The minimum absolute atomic E-state index is 0.107. The lowest BCUT2D eigenvalue weighted by Gasteiger charge is -2.11. The van der Waals surface area contributed by atoms with Crippen LogP contribution < -0.4 is 5.32 Å². The lowest BCUT2D eigenvalue weighted by Crippen LogP contribution is -2.11. The van der Waals surface area contributed by atoms with Gasteiger partial charge in [0.15, 0.2) is 5.82 Å². The third-order valence-corrected chi connectivity index (χ3v) is 2.36. The van der Waals surface area contributed by atoms with Crippen molar-refractivity contribution in [2.24, 2.45) is 0 Å². The number of nitrogens with one attached hydrogen (secondary N) is 2. The first kappa shape index (κ1) is 11.7. The van der Waals surface area contributed by atoms with E-state index in [0.717, 1.165) is 6.42 Å². The standard InChI is InChI=1S/C9H12ClN7/c1-3-7-12-6(10)4-8(13-7)11-5(2)9-14-16-17-15-9/h4-5H,3H2,1-2H3,(H,11,12,13)(H,14,15,16,17). The average Bonchev–Trinajstić information content (AvgIpc) is 2.81. The summed E-state index contributed by atoms with van der Waals surface area (Å²) in [6.07, 6.45) is 0.728. The molecule has 2 N–H and O–H groups in total. The fourth-order valence-electron chi connectivity index (χ4n) is 1.34. The summed E-state index contributed by atoms with van der Waals surface area (Å²) in [7, 11) is 0. The van der Waals surface area contributed by atoms with Crippen LogP contribution in [-0.4, -0.2) is 30.6 Å². The predicted octanol–water partition coefficient (Wildman–Crippen LogP) is 1.38. The Labute approximate surface area is 103 Å². The van der Waals surface area contributed by atoms with Crippen molar-refractivity contribution in [3.8, 4) is 0 Å². The molecule has 2 aromatic heterocycles. The smallest absolute Gasteiger partial charge is 0.196 e. The van der Waals surface area contributed by atoms with Crippen LogP contribution in [0, 0.1) is 0 Å². The SMILES string of the molecule is CCc1nc(Cl)cc(NC(C)c2nn[nH]n2)n1. The lowest BCUT2D eigenvalue weighted by atomic mass is 10.3. The Bertz CT molecular complexity index is 484. The minimum atomic E-state index is -0.107. The van der Waals surface area contributed by atoms with Crippen LogP contribution >= 0.6 is 11.6 Å². The van der Waals surface area contributed by atoms with E-state index in [4.69, 9.17) is 11.6 Å². The molecule has 2 rings (SSSR count). The molecule has 0 fully saturated rings. The molecule has 0 amide bonds. The van der Waals surface area contributed by atoms with Crippen LogP contribution in [0.3, 0.4) is 0 Å². The lowest BCUT2D eigenvalue weighted by molar-refractivity contribution is 0.783. The molecule has 2 aromatic rings. The second kappa shape index (κ2) is 5.05. The highest BCUT2D eigenvalue weighted by atomic mass is 35.5. The van der Waals surface area contributed by atoms with Crippen LogP contribution in [0.4, 0.5) is 5.82 Å². The van der Waals surface area contributed by atoms with E-state index in [0.29, 0.717) is 22.6 Å². The molecule has 2 heterocycles. The average molecular weight is 254 g/mol. The summed E-state index contributed by atoms with van der Waals surface area (Å²) in [5.74, 6) is 1.91. The van der Waals surface area contributed by atoms with Crippen molar-refractivity contribution in [2.75, 3.05) is 5.32 Å². The number of nitrogens with zero attached hydrogens (tertiary/aromatic N) is 5. The van der Waals surface area contributed by atoms with E-state index < -0.39 is 0 Å². The summed E-state index contributed by atoms with van der Waals surface area (Å²) in [5.41, 5.74) is 0. The first-order valence-electron chi connectivity index (χ1n) is 5.22. The second-order valence-electron chi connectivity index (χ2n) is 3.48. The van der Waals surface area contributed by atoms with Gasteiger partial charge in [-0.3, -0.25) is 0 Å². The summed E-state index contributed by atoms with van der Waals surface area (Å²) in [6.45, 7) is 3.88. The largest absolute Gasteiger partial charge is 0.360 e. The number of aromatic nitrogens is 6. The Hall–Kier alpha value is -1.76. The third-order valence-electron chi connectivity index (χ3n) is 2.17. The van der Waals surface area contributed by atoms with Gasteiger partial charge in [0.05, 0.1) is 6.04 Å². The van der Waals surface area contributed by atoms with Crippen molar-refractivity contribution < 1.29 is 0 Å². The van der Waals surface area contributed by atoms with E-state index >= 15 is 0 Å². The van der Waals surface area contributed by atoms with Gasteiger partial charge >= 0.3 is 0 Å². The molecule has 8 heteroatoms. The highest BCUT2D eigenvalue weighted by Gasteiger charge is 2.11. The molecular formula is C9H12ClN7. The number of H-pyrrole nitrogens is 1. The van der Waals surface area contributed by atoms with Crippen LogP contribution in [0.2, 0.25) is 5.15 Å². The number of anilines is 1. The number of hydrogen-bond donors (Lipinski definition) is 2. The molecule has 0 bridgehead atoms. The maximum absolute atomic E-state index is 5.90. The van der Waals surface area contributed by atoms with Gasteiger partial charge in [0.1, 0.15) is 16.8 Å². The predicted molar refractivity (Wildman–Crippen MR) is 62.6 cm³/mol. The van der Waals surface area contributed by atoms with Crippen molar-refractivity contribution in [1.29, 1.82) is 0 Å². The Morgan fingerprint density at radius 2 is 2.29 bits per heavy atom. The van der Waals surface area contributed by atoms with Gasteiger partial charge < -0.3 is 5.32 Å². The number of aromatic amines is 1. The fraction of sp³-hybridized carbons (Fsp3) is 0.444. The monoisotopic (exact) mass is 253 g/mol. The van der Waals surface area contributed by atoms with E-state index in [2.05, 4.69) is 35.9 Å². The quantitative estimate of drug-likeness (QED) is 0.800. The summed E-state index contributed by atoms with van der Waals surface area (Å²) in [5, 5.41) is 17.2. The van der Waals surface area contributed by atoms with E-state index in [1.54, 1.807) is 6.07 Å². The molecule has 0 radical (unpaired) electrons. The zero-order chi connectivity index (χ0) is 12.3. The van der Waals surface area contributed by atoms with Crippen LogP contribution in [0.15, 0.2) is 6.07 Å². The van der Waals surface area contributed by atoms with Gasteiger partial charge in [-0.25, -0.2) is 9.97 Å². The van der Waals surface area contributed by atoms with Gasteiger partial charge in [0.2, 0.25) is 0 Å². The second-order valence-corrected chi connectivity index (χ2v) is 3.87. The molecule has 1 atom stereocenters. The highest BCUT2D eigenvalue weighted by Crippen LogP contribution is 2.16. The Kier molecular flexibility index (Phi) is 3.48. The van der Waals surface area contributed by atoms with Gasteiger partial charge in [-0.1, -0.05) is 23.7 Å². The van der Waals surface area contributed by atoms with Crippen molar-refractivity contribution in [1.82, 2.24) is 30.6 Å².